The molecular formula is C63H73BN2O. The largest absolute Gasteiger partial charge is 0.468 e. The number of furan rings is 1. The summed E-state index contributed by atoms with van der Waals surface area (Å²) in [6, 6.07) is 42.7. The zero-order valence-electron chi connectivity index (χ0n) is 43.7. The monoisotopic (exact) mass is 885 g/mol. The zero-order chi connectivity index (χ0) is 48.1. The van der Waals surface area contributed by atoms with E-state index >= 15 is 0 Å². The highest BCUT2D eigenvalue weighted by atomic mass is 16.3. The highest BCUT2D eigenvalue weighted by molar-refractivity contribution is 7.00. The molecule has 3 aliphatic rings. The topological polar surface area (TPSA) is 19.6 Å². The highest BCUT2D eigenvalue weighted by Gasteiger charge is 2.51. The van der Waals surface area contributed by atoms with E-state index in [0.717, 1.165) is 29.8 Å². The summed E-state index contributed by atoms with van der Waals surface area (Å²) >= 11 is 0. The molecule has 0 saturated carbocycles. The fourth-order valence-electron chi connectivity index (χ4n) is 11.5. The van der Waals surface area contributed by atoms with Crippen molar-refractivity contribution in [1.82, 2.24) is 0 Å². The van der Waals surface area contributed by atoms with Crippen LogP contribution in [0.2, 0.25) is 0 Å². The summed E-state index contributed by atoms with van der Waals surface area (Å²) in [7, 11) is 0. The molecule has 7 aromatic rings. The third-order valence-electron chi connectivity index (χ3n) is 15.7. The molecule has 10 rings (SSSR count). The number of hydrogen-bond acceptors (Lipinski definition) is 3. The van der Waals surface area contributed by atoms with Crippen molar-refractivity contribution in [3.63, 3.8) is 0 Å². The molecule has 0 spiro atoms. The number of rotatable bonds is 3. The van der Waals surface area contributed by atoms with Gasteiger partial charge in [0.25, 0.3) is 6.71 Å². The molecular weight excluding hydrogens is 812 g/mol. The van der Waals surface area contributed by atoms with E-state index < -0.39 is 0 Å². The molecule has 0 bridgehead atoms. The quantitative estimate of drug-likeness (QED) is 0.165. The minimum Gasteiger partial charge on any atom is -0.468 e. The van der Waals surface area contributed by atoms with Crippen molar-refractivity contribution in [2.45, 2.75) is 163 Å². The second-order valence-electron chi connectivity index (χ2n) is 25.9. The Balaban J connectivity index is 1.40. The van der Waals surface area contributed by atoms with Crippen LogP contribution in [0.1, 0.15) is 163 Å². The summed E-state index contributed by atoms with van der Waals surface area (Å²) in [5, 5.41) is 1.17. The van der Waals surface area contributed by atoms with Gasteiger partial charge in [-0.2, -0.15) is 0 Å². The van der Waals surface area contributed by atoms with Gasteiger partial charge in [0, 0.05) is 33.7 Å². The highest BCUT2D eigenvalue weighted by Crippen LogP contribution is 2.56. The maximum atomic E-state index is 7.51. The van der Waals surface area contributed by atoms with Crippen molar-refractivity contribution in [2.24, 2.45) is 0 Å². The van der Waals surface area contributed by atoms with Crippen molar-refractivity contribution in [2.75, 3.05) is 9.80 Å². The Morgan fingerprint density at radius 3 is 1.70 bits per heavy atom. The van der Waals surface area contributed by atoms with Crippen molar-refractivity contribution < 1.29 is 4.42 Å². The first-order chi connectivity index (χ1) is 31.1. The van der Waals surface area contributed by atoms with Gasteiger partial charge < -0.3 is 14.2 Å². The first kappa shape index (κ1) is 45.3. The molecule has 3 heterocycles. The van der Waals surface area contributed by atoms with Crippen LogP contribution in [-0.2, 0) is 32.5 Å². The van der Waals surface area contributed by atoms with E-state index in [9.17, 15) is 0 Å². The predicted molar refractivity (Wildman–Crippen MR) is 290 cm³/mol. The molecule has 1 aromatic heterocycles. The molecule has 6 aromatic carbocycles. The molecule has 0 amide bonds. The summed E-state index contributed by atoms with van der Waals surface area (Å²) < 4.78 is 7.51. The van der Waals surface area contributed by atoms with Gasteiger partial charge in [0.2, 0.25) is 0 Å². The molecule has 0 atom stereocenters. The molecule has 3 nitrogen and oxygen atoms in total. The van der Waals surface area contributed by atoms with Crippen LogP contribution in [0.3, 0.4) is 0 Å². The van der Waals surface area contributed by atoms with Crippen LogP contribution >= 0.6 is 0 Å². The Morgan fingerprint density at radius 1 is 0.522 bits per heavy atom. The predicted octanol–water partition coefficient (Wildman–Crippen LogP) is 16.0. The van der Waals surface area contributed by atoms with Crippen LogP contribution in [-0.4, -0.2) is 6.71 Å². The smallest absolute Gasteiger partial charge is 0.297 e. The molecule has 1 aliphatic carbocycles. The van der Waals surface area contributed by atoms with Crippen molar-refractivity contribution in [3.05, 3.63) is 148 Å². The van der Waals surface area contributed by atoms with Crippen molar-refractivity contribution in [1.29, 1.82) is 0 Å². The summed E-state index contributed by atoms with van der Waals surface area (Å²) in [4.78, 5) is 5.32. The molecule has 0 radical (unpaired) electrons. The molecule has 0 fully saturated rings. The van der Waals surface area contributed by atoms with Crippen LogP contribution in [0.15, 0.2) is 114 Å². The van der Waals surface area contributed by atoms with E-state index in [-0.39, 0.29) is 39.2 Å². The van der Waals surface area contributed by atoms with Crippen LogP contribution in [0.4, 0.5) is 34.1 Å². The fourth-order valence-corrected chi connectivity index (χ4v) is 11.5. The SMILES string of the molecule is Cc1cc2c3c(c1)N(c1cc(C(C)(C)C)cc(C(C)(C)C)c1)c1c(oc4ccc(C(C)(C)C)cc14)B3c1ccc3c(c1N2c1ccc(C(C)(C)C)cc1-c1ccccc1)C(C)(C)CCC3(C)C. The van der Waals surface area contributed by atoms with E-state index in [4.69, 9.17) is 4.42 Å². The molecule has 0 N–H and O–H groups in total. The van der Waals surface area contributed by atoms with E-state index in [0.29, 0.717) is 0 Å². The summed E-state index contributed by atoms with van der Waals surface area (Å²) in [5.74, 6) is 0. The molecule has 2 aliphatic heterocycles. The third-order valence-corrected chi connectivity index (χ3v) is 15.7. The average Bonchev–Trinajstić information content (AvgIpc) is 3.62. The maximum absolute atomic E-state index is 7.51. The Bertz CT molecular complexity index is 3100. The van der Waals surface area contributed by atoms with Crippen molar-refractivity contribution in [3.8, 4) is 11.1 Å². The van der Waals surface area contributed by atoms with Gasteiger partial charge in [-0.25, -0.2) is 0 Å². The number of nitrogens with zero attached hydrogens (tertiary/aromatic N) is 2. The first-order valence-electron chi connectivity index (χ1n) is 25.0. The van der Waals surface area contributed by atoms with Crippen molar-refractivity contribution >= 4 is 68.4 Å². The summed E-state index contributed by atoms with van der Waals surface area (Å²) in [5.41, 5.74) is 23.6. The summed E-state index contributed by atoms with van der Waals surface area (Å²) in [6.07, 6.45) is 2.26. The second kappa shape index (κ2) is 14.8. The van der Waals surface area contributed by atoms with Gasteiger partial charge in [-0.1, -0.05) is 171 Å². The van der Waals surface area contributed by atoms with Crippen LogP contribution in [0, 0.1) is 6.92 Å². The summed E-state index contributed by atoms with van der Waals surface area (Å²) in [6.45, 7) is 40.1. The normalized spacial score (nSPS) is 16.5. The Morgan fingerprint density at radius 2 is 1.09 bits per heavy atom. The average molecular weight is 885 g/mol. The minimum atomic E-state index is -0.137. The lowest BCUT2D eigenvalue weighted by Gasteiger charge is -2.49. The Hall–Kier alpha value is -5.48. The van der Waals surface area contributed by atoms with E-state index in [2.05, 4.69) is 237 Å². The van der Waals surface area contributed by atoms with Crippen LogP contribution in [0.5, 0.6) is 0 Å². The van der Waals surface area contributed by atoms with Gasteiger partial charge >= 0.3 is 0 Å². The Kier molecular flexibility index (Phi) is 9.98. The number of fused-ring (bicyclic) bond motifs is 8. The van der Waals surface area contributed by atoms with Gasteiger partial charge in [0.05, 0.1) is 17.0 Å². The van der Waals surface area contributed by atoms with Crippen LogP contribution in [0.25, 0.3) is 22.1 Å². The standard InChI is InChI=1S/C63H73BN2O/c1-38-31-50-54-51(32-38)66(49-27-23-40(58(2,3)4)36-45(49)39-21-19-18-20-22-39)56-48(26-25-47-53(56)63(16,17)30-29-62(47,14)15)64(54)57-55(46-37-41(59(5,6)7)24-28-52(46)67-57)65(50)44-34-42(60(8,9)10)33-43(35-44)61(11,12)13/h18-28,31-37H,29-30H2,1-17H3. The van der Waals surface area contributed by atoms with E-state index in [1.807, 2.05) is 0 Å². The number of aryl methyl sites for hydroxylation is 1. The lowest BCUT2D eigenvalue weighted by atomic mass is 9.35. The molecule has 344 valence electrons. The number of hydrogen-bond donors (Lipinski definition) is 0. The molecule has 0 unspecified atom stereocenters. The van der Waals surface area contributed by atoms with Gasteiger partial charge in [0.1, 0.15) is 5.58 Å². The fraction of sp³-hybridized carbons (Fsp3) is 0.397. The van der Waals surface area contributed by atoms with Gasteiger partial charge in [0.15, 0.2) is 0 Å². The molecule has 4 heteroatoms. The second-order valence-corrected chi connectivity index (χ2v) is 25.9. The maximum Gasteiger partial charge on any atom is 0.297 e. The molecule has 67 heavy (non-hydrogen) atoms. The van der Waals surface area contributed by atoms with E-state index in [1.54, 1.807) is 0 Å². The third kappa shape index (κ3) is 7.30. The van der Waals surface area contributed by atoms with Gasteiger partial charge in [-0.05, 0) is 156 Å². The number of anilines is 6. The van der Waals surface area contributed by atoms with Crippen LogP contribution < -0.4 is 26.4 Å². The zero-order valence-corrected chi connectivity index (χ0v) is 43.7. The molecule has 0 saturated heterocycles. The lowest BCUT2D eigenvalue weighted by molar-refractivity contribution is 0.333. The van der Waals surface area contributed by atoms with Gasteiger partial charge in [-0.3, -0.25) is 0 Å². The Labute approximate surface area is 403 Å². The number of benzene rings is 6. The van der Waals surface area contributed by atoms with Gasteiger partial charge in [-0.15, -0.1) is 0 Å². The first-order valence-corrected chi connectivity index (χ1v) is 25.0. The minimum absolute atomic E-state index is 0.0159. The lowest BCUT2D eigenvalue weighted by Crippen LogP contribution is -2.61. The van der Waals surface area contributed by atoms with E-state index in [1.165, 1.54) is 94.8 Å².